The van der Waals surface area contributed by atoms with Crippen LogP contribution in [0.25, 0.3) is 0 Å². The first-order valence-electron chi connectivity index (χ1n) is 7.99. The van der Waals surface area contributed by atoms with Gasteiger partial charge in [0.05, 0.1) is 0 Å². The second-order valence-electron chi connectivity index (χ2n) is 5.92. The van der Waals surface area contributed by atoms with Crippen molar-refractivity contribution in [1.82, 2.24) is 5.32 Å². The molecule has 2 rings (SSSR count). The normalized spacial score (nSPS) is 11.7. The summed E-state index contributed by atoms with van der Waals surface area (Å²) < 4.78 is 5.32. The SMILES string of the molecule is CC(C)C(NC(=O)Nc1ccccc1)C(=O)OCc1ccc(Cl)cc1. The van der Waals surface area contributed by atoms with Crippen molar-refractivity contribution in [3.05, 3.63) is 65.2 Å². The van der Waals surface area contributed by atoms with Gasteiger partial charge in [0.2, 0.25) is 0 Å². The number of para-hydroxylation sites is 1. The van der Waals surface area contributed by atoms with Crippen molar-refractivity contribution in [2.45, 2.75) is 26.5 Å². The molecule has 0 spiro atoms. The van der Waals surface area contributed by atoms with E-state index in [-0.39, 0.29) is 12.5 Å². The van der Waals surface area contributed by atoms with Crippen molar-refractivity contribution in [2.75, 3.05) is 5.32 Å². The summed E-state index contributed by atoms with van der Waals surface area (Å²) in [5.41, 5.74) is 1.48. The first-order valence-corrected chi connectivity index (χ1v) is 8.37. The highest BCUT2D eigenvalue weighted by atomic mass is 35.5. The van der Waals surface area contributed by atoms with Crippen LogP contribution in [0, 0.1) is 5.92 Å². The Morgan fingerprint density at radius 3 is 2.28 bits per heavy atom. The number of anilines is 1. The molecule has 2 aromatic rings. The van der Waals surface area contributed by atoms with Crippen LogP contribution < -0.4 is 10.6 Å². The number of rotatable bonds is 6. The minimum atomic E-state index is -0.740. The summed E-state index contributed by atoms with van der Waals surface area (Å²) >= 11 is 5.83. The topological polar surface area (TPSA) is 67.4 Å². The summed E-state index contributed by atoms with van der Waals surface area (Å²) in [6, 6.07) is 14.9. The molecule has 25 heavy (non-hydrogen) atoms. The zero-order chi connectivity index (χ0) is 18.2. The van der Waals surface area contributed by atoms with Crippen LogP contribution in [0.3, 0.4) is 0 Å². The molecule has 0 saturated heterocycles. The van der Waals surface area contributed by atoms with Gasteiger partial charge in [-0.2, -0.15) is 0 Å². The van der Waals surface area contributed by atoms with E-state index in [1.807, 2.05) is 32.0 Å². The number of halogens is 1. The van der Waals surface area contributed by atoms with Crippen LogP contribution in [0.1, 0.15) is 19.4 Å². The van der Waals surface area contributed by atoms with Gasteiger partial charge >= 0.3 is 12.0 Å². The Balaban J connectivity index is 1.91. The highest BCUT2D eigenvalue weighted by Gasteiger charge is 2.25. The maximum atomic E-state index is 12.3. The van der Waals surface area contributed by atoms with Crippen LogP contribution >= 0.6 is 11.6 Å². The van der Waals surface area contributed by atoms with Crippen molar-refractivity contribution in [3.63, 3.8) is 0 Å². The van der Waals surface area contributed by atoms with E-state index in [0.717, 1.165) is 5.56 Å². The first kappa shape index (κ1) is 18.8. The van der Waals surface area contributed by atoms with E-state index < -0.39 is 18.0 Å². The van der Waals surface area contributed by atoms with Crippen molar-refractivity contribution in [3.8, 4) is 0 Å². The summed E-state index contributed by atoms with van der Waals surface area (Å²) in [4.78, 5) is 24.4. The van der Waals surface area contributed by atoms with Gasteiger partial charge < -0.3 is 15.4 Å². The van der Waals surface area contributed by atoms with Crippen LogP contribution in [0.4, 0.5) is 10.5 Å². The summed E-state index contributed by atoms with van der Waals surface area (Å²) in [5.74, 6) is -0.590. The molecular weight excluding hydrogens is 340 g/mol. The summed E-state index contributed by atoms with van der Waals surface area (Å²) in [6.45, 7) is 3.81. The van der Waals surface area contributed by atoms with Gasteiger partial charge in [0, 0.05) is 10.7 Å². The van der Waals surface area contributed by atoms with E-state index >= 15 is 0 Å². The van der Waals surface area contributed by atoms with E-state index in [1.54, 1.807) is 36.4 Å². The van der Waals surface area contributed by atoms with Crippen LogP contribution in [0.5, 0.6) is 0 Å². The zero-order valence-electron chi connectivity index (χ0n) is 14.2. The highest BCUT2D eigenvalue weighted by Crippen LogP contribution is 2.12. The minimum absolute atomic E-state index is 0.112. The molecule has 0 aliphatic rings. The quantitative estimate of drug-likeness (QED) is 0.757. The molecule has 2 aromatic carbocycles. The molecule has 0 heterocycles. The van der Waals surface area contributed by atoms with Crippen LogP contribution in [0.2, 0.25) is 5.02 Å². The van der Waals surface area contributed by atoms with Gasteiger partial charge in [-0.1, -0.05) is 55.8 Å². The van der Waals surface area contributed by atoms with E-state index in [0.29, 0.717) is 10.7 Å². The Kier molecular flexibility index (Phi) is 6.83. The monoisotopic (exact) mass is 360 g/mol. The van der Waals surface area contributed by atoms with Crippen LogP contribution in [0.15, 0.2) is 54.6 Å². The molecule has 0 aromatic heterocycles. The third-order valence-electron chi connectivity index (χ3n) is 3.53. The molecule has 0 aliphatic heterocycles. The van der Waals surface area contributed by atoms with Gasteiger partial charge in [0.15, 0.2) is 0 Å². The van der Waals surface area contributed by atoms with Crippen molar-refractivity contribution < 1.29 is 14.3 Å². The van der Waals surface area contributed by atoms with Gasteiger partial charge in [-0.05, 0) is 35.7 Å². The molecule has 1 atom stereocenters. The minimum Gasteiger partial charge on any atom is -0.459 e. The first-order chi connectivity index (χ1) is 12.0. The van der Waals surface area contributed by atoms with E-state index in [9.17, 15) is 9.59 Å². The number of hydrogen-bond donors (Lipinski definition) is 2. The molecule has 0 aliphatic carbocycles. The Morgan fingerprint density at radius 2 is 1.68 bits per heavy atom. The molecule has 2 N–H and O–H groups in total. The third-order valence-corrected chi connectivity index (χ3v) is 3.79. The number of esters is 1. The number of nitrogens with one attached hydrogen (secondary N) is 2. The standard InChI is InChI=1S/C19H21ClN2O3/c1-13(2)17(22-19(24)21-16-6-4-3-5-7-16)18(23)25-12-14-8-10-15(20)11-9-14/h3-11,13,17H,12H2,1-2H3,(H2,21,22,24). The third kappa shape index (κ3) is 6.12. The van der Waals surface area contributed by atoms with Gasteiger partial charge in [-0.3, -0.25) is 0 Å². The molecular formula is C19H21ClN2O3. The predicted octanol–water partition coefficient (Wildman–Crippen LogP) is 4.23. The van der Waals surface area contributed by atoms with E-state index in [4.69, 9.17) is 16.3 Å². The predicted molar refractivity (Wildman–Crippen MR) is 98.5 cm³/mol. The van der Waals surface area contributed by atoms with Crippen molar-refractivity contribution >= 4 is 29.3 Å². The zero-order valence-corrected chi connectivity index (χ0v) is 14.9. The van der Waals surface area contributed by atoms with E-state index in [2.05, 4.69) is 10.6 Å². The summed E-state index contributed by atoms with van der Waals surface area (Å²) in [5, 5.41) is 5.97. The fourth-order valence-corrected chi connectivity index (χ4v) is 2.28. The Hall–Kier alpha value is -2.53. The average molecular weight is 361 g/mol. The molecule has 5 nitrogen and oxygen atoms in total. The number of ether oxygens (including phenoxy) is 1. The van der Waals surface area contributed by atoms with Gasteiger partial charge in [-0.15, -0.1) is 0 Å². The number of benzene rings is 2. The van der Waals surface area contributed by atoms with Gasteiger partial charge in [0.25, 0.3) is 0 Å². The number of urea groups is 1. The molecule has 6 heteroatoms. The molecule has 2 amide bonds. The van der Waals surface area contributed by atoms with E-state index in [1.165, 1.54) is 0 Å². The second-order valence-corrected chi connectivity index (χ2v) is 6.36. The molecule has 132 valence electrons. The van der Waals surface area contributed by atoms with Crippen molar-refractivity contribution in [2.24, 2.45) is 5.92 Å². The molecule has 0 bridgehead atoms. The maximum absolute atomic E-state index is 12.3. The van der Waals surface area contributed by atoms with Crippen molar-refractivity contribution in [1.29, 1.82) is 0 Å². The van der Waals surface area contributed by atoms with Crippen LogP contribution in [-0.2, 0) is 16.1 Å². The lowest BCUT2D eigenvalue weighted by Crippen LogP contribution is -2.47. The molecule has 0 radical (unpaired) electrons. The Labute approximate surface area is 152 Å². The number of amides is 2. The summed E-state index contributed by atoms with van der Waals surface area (Å²) in [7, 11) is 0. The van der Waals surface area contributed by atoms with Crippen LogP contribution in [-0.4, -0.2) is 18.0 Å². The largest absolute Gasteiger partial charge is 0.459 e. The lowest BCUT2D eigenvalue weighted by molar-refractivity contribution is -0.148. The number of hydrogen-bond acceptors (Lipinski definition) is 3. The maximum Gasteiger partial charge on any atom is 0.329 e. The number of carbonyl (C=O) groups is 2. The second kappa shape index (κ2) is 9.08. The highest BCUT2D eigenvalue weighted by molar-refractivity contribution is 6.30. The fraction of sp³-hybridized carbons (Fsp3) is 0.263. The van der Waals surface area contributed by atoms with Gasteiger partial charge in [-0.25, -0.2) is 9.59 Å². The fourth-order valence-electron chi connectivity index (χ4n) is 2.15. The summed E-state index contributed by atoms with van der Waals surface area (Å²) in [6.07, 6.45) is 0. The molecule has 0 saturated carbocycles. The molecule has 1 unspecified atom stereocenters. The van der Waals surface area contributed by atoms with Gasteiger partial charge in [0.1, 0.15) is 12.6 Å². The Bertz CT molecular complexity index is 702. The lowest BCUT2D eigenvalue weighted by Gasteiger charge is -2.21. The lowest BCUT2D eigenvalue weighted by atomic mass is 10.1. The average Bonchev–Trinajstić information content (AvgIpc) is 2.59. The smallest absolute Gasteiger partial charge is 0.329 e. The Morgan fingerprint density at radius 1 is 1.04 bits per heavy atom. The number of carbonyl (C=O) groups excluding carboxylic acids is 2. The molecule has 0 fully saturated rings.